The van der Waals surface area contributed by atoms with Crippen LogP contribution >= 0.6 is 0 Å². The molecule has 11 heteroatoms. The molecule has 3 aliphatic heterocycles. The number of nitrogens with one attached hydrogen (secondary N) is 1. The third-order valence-corrected chi connectivity index (χ3v) is 11.7. The Balaban J connectivity index is 1.24. The minimum Gasteiger partial charge on any atom is -0.455 e. The fourth-order valence-corrected chi connectivity index (χ4v) is 8.26. The molecule has 5 unspecified atom stereocenters. The summed E-state index contributed by atoms with van der Waals surface area (Å²) in [6, 6.07) is 18.3. The fraction of sp³-hybridized carbons (Fsp3) is 0.591. The molecule has 3 heterocycles. The largest absolute Gasteiger partial charge is 0.455 e. The molecule has 3 amide bonds. The molecular weight excluding hydrogens is 693 g/mol. The summed E-state index contributed by atoms with van der Waals surface area (Å²) in [7, 11) is 3.71. The molecule has 2 aromatic carbocycles. The van der Waals surface area contributed by atoms with E-state index in [1.807, 2.05) is 77.2 Å². The van der Waals surface area contributed by atoms with E-state index in [1.54, 1.807) is 23.8 Å². The van der Waals surface area contributed by atoms with Crippen molar-refractivity contribution in [2.24, 2.45) is 11.8 Å². The highest BCUT2D eigenvalue weighted by Gasteiger charge is 2.39. The predicted molar refractivity (Wildman–Crippen MR) is 217 cm³/mol. The summed E-state index contributed by atoms with van der Waals surface area (Å²) in [4.78, 5) is 65.5. The van der Waals surface area contributed by atoms with Crippen molar-refractivity contribution in [3.63, 3.8) is 0 Å². The number of piperazine rings is 1. The van der Waals surface area contributed by atoms with E-state index in [9.17, 15) is 19.2 Å². The van der Waals surface area contributed by atoms with Gasteiger partial charge in [0.1, 0.15) is 18.2 Å². The van der Waals surface area contributed by atoms with Crippen LogP contribution in [0.2, 0.25) is 0 Å². The summed E-state index contributed by atoms with van der Waals surface area (Å²) in [5.74, 6) is -1.05. The molecule has 0 spiro atoms. The van der Waals surface area contributed by atoms with Crippen LogP contribution in [0.25, 0.3) is 0 Å². The Morgan fingerprint density at radius 1 is 0.818 bits per heavy atom. The van der Waals surface area contributed by atoms with E-state index >= 15 is 0 Å². The minimum absolute atomic E-state index is 0.00905. The number of likely N-dealkylation sites (N-methyl/N-ethyl adjacent to an activating group) is 2. The standard InChI is InChI=1S/C44H64N6O5/c1-31(2)38(47(7)43(53)40(32(3)4)45-41(51)36-21-14-15-23-46(36)6)29-33(5)42(52)50-24-16-22-37(50)44(54)55-39(34-17-10-8-11-18-34)30-48-25-27-49(28-26-48)35-19-12-9-13-20-35/h8-13,17-20,29,31-32,36-40H,14-16,21-28,30H2,1-7H3,(H,45,51)/b33-29+. The number of rotatable bonds is 14. The van der Waals surface area contributed by atoms with Gasteiger partial charge in [-0.15, -0.1) is 0 Å². The van der Waals surface area contributed by atoms with Gasteiger partial charge in [0.25, 0.3) is 0 Å². The Morgan fingerprint density at radius 2 is 1.45 bits per heavy atom. The molecule has 1 N–H and O–H groups in total. The van der Waals surface area contributed by atoms with Crippen molar-refractivity contribution in [2.45, 2.75) is 97.0 Å². The topological polar surface area (TPSA) is 106 Å². The molecule has 55 heavy (non-hydrogen) atoms. The van der Waals surface area contributed by atoms with E-state index in [1.165, 1.54) is 5.69 Å². The molecule has 5 atom stereocenters. The summed E-state index contributed by atoms with van der Waals surface area (Å²) in [5.41, 5.74) is 2.62. The van der Waals surface area contributed by atoms with Gasteiger partial charge in [-0.1, -0.05) is 88.7 Å². The lowest BCUT2D eigenvalue weighted by Crippen LogP contribution is -2.57. The highest BCUT2D eigenvalue weighted by molar-refractivity contribution is 5.96. The molecular formula is C44H64N6O5. The van der Waals surface area contributed by atoms with E-state index < -0.39 is 24.2 Å². The summed E-state index contributed by atoms with van der Waals surface area (Å²) in [6.07, 6.45) is 5.46. The third-order valence-electron chi connectivity index (χ3n) is 11.7. The van der Waals surface area contributed by atoms with Gasteiger partial charge < -0.3 is 24.8 Å². The lowest BCUT2D eigenvalue weighted by molar-refractivity contribution is -0.158. The predicted octanol–water partition coefficient (Wildman–Crippen LogP) is 5.14. The molecule has 0 bridgehead atoms. The van der Waals surface area contributed by atoms with Crippen LogP contribution < -0.4 is 10.2 Å². The average Bonchev–Trinajstić information content (AvgIpc) is 3.69. The van der Waals surface area contributed by atoms with Crippen LogP contribution in [0.5, 0.6) is 0 Å². The van der Waals surface area contributed by atoms with Gasteiger partial charge in [0.15, 0.2) is 0 Å². The van der Waals surface area contributed by atoms with Crippen molar-refractivity contribution in [1.82, 2.24) is 24.9 Å². The quantitative estimate of drug-likeness (QED) is 0.209. The summed E-state index contributed by atoms with van der Waals surface area (Å²) in [6.45, 7) is 15.1. The number of amides is 3. The minimum atomic E-state index is -0.693. The van der Waals surface area contributed by atoms with Crippen LogP contribution in [-0.4, -0.2) is 127 Å². The molecule has 5 rings (SSSR count). The number of hydrogen-bond donors (Lipinski definition) is 1. The number of esters is 1. The number of anilines is 1. The SMILES string of the molecule is C/C(=C\C(C(C)C)N(C)C(=O)C(NC(=O)C1CCCCN1C)C(C)C)C(=O)N1CCCC1C(=O)OC(CN1CCN(c2ccccc2)CC1)c1ccccc1. The smallest absolute Gasteiger partial charge is 0.329 e. The van der Waals surface area contributed by atoms with Gasteiger partial charge in [-0.25, -0.2) is 4.79 Å². The van der Waals surface area contributed by atoms with Gasteiger partial charge in [0.2, 0.25) is 17.7 Å². The number of carbonyl (C=O) groups is 4. The molecule has 300 valence electrons. The van der Waals surface area contributed by atoms with Crippen molar-refractivity contribution in [3.05, 3.63) is 77.9 Å². The van der Waals surface area contributed by atoms with Crippen molar-refractivity contribution in [2.75, 3.05) is 64.8 Å². The number of hydrogen-bond acceptors (Lipinski definition) is 8. The van der Waals surface area contributed by atoms with Crippen LogP contribution in [-0.2, 0) is 23.9 Å². The first-order valence-electron chi connectivity index (χ1n) is 20.4. The zero-order chi connectivity index (χ0) is 39.6. The monoisotopic (exact) mass is 756 g/mol. The Kier molecular flexibility index (Phi) is 14.9. The number of piperidine rings is 1. The Labute approximate surface area is 329 Å². The molecule has 3 saturated heterocycles. The zero-order valence-electron chi connectivity index (χ0n) is 34.2. The maximum atomic E-state index is 14.1. The van der Waals surface area contributed by atoms with Crippen molar-refractivity contribution < 1.29 is 23.9 Å². The lowest BCUT2D eigenvalue weighted by Gasteiger charge is -2.37. The Morgan fingerprint density at radius 3 is 2.07 bits per heavy atom. The molecule has 3 aliphatic rings. The van der Waals surface area contributed by atoms with Gasteiger partial charge in [0, 0.05) is 57.6 Å². The molecule has 0 radical (unpaired) electrons. The number of likely N-dealkylation sites (tertiary alicyclic amines) is 2. The summed E-state index contributed by atoms with van der Waals surface area (Å²) < 4.78 is 6.32. The molecule has 2 aromatic rings. The van der Waals surface area contributed by atoms with Crippen LogP contribution in [0, 0.1) is 11.8 Å². The summed E-state index contributed by atoms with van der Waals surface area (Å²) in [5, 5.41) is 3.07. The van der Waals surface area contributed by atoms with Gasteiger partial charge in [0.05, 0.1) is 12.1 Å². The van der Waals surface area contributed by atoms with Crippen LogP contribution in [0.1, 0.15) is 78.4 Å². The van der Waals surface area contributed by atoms with E-state index in [-0.39, 0.29) is 41.6 Å². The van der Waals surface area contributed by atoms with Gasteiger partial charge in [-0.3, -0.25) is 24.2 Å². The van der Waals surface area contributed by atoms with Gasteiger partial charge >= 0.3 is 5.97 Å². The van der Waals surface area contributed by atoms with Crippen LogP contribution in [0.3, 0.4) is 0 Å². The zero-order valence-corrected chi connectivity index (χ0v) is 34.2. The number of para-hydroxylation sites is 1. The van der Waals surface area contributed by atoms with Gasteiger partial charge in [-0.05, 0) is 75.7 Å². The highest BCUT2D eigenvalue weighted by Crippen LogP contribution is 2.27. The van der Waals surface area contributed by atoms with E-state index in [2.05, 4.69) is 44.3 Å². The molecule has 3 fully saturated rings. The Hall–Kier alpha value is -4.22. The first-order valence-corrected chi connectivity index (χ1v) is 20.4. The third kappa shape index (κ3) is 10.8. The summed E-state index contributed by atoms with van der Waals surface area (Å²) >= 11 is 0. The molecule has 0 saturated carbocycles. The van der Waals surface area contributed by atoms with E-state index in [0.717, 1.165) is 57.5 Å². The second kappa shape index (κ2) is 19.6. The van der Waals surface area contributed by atoms with Crippen molar-refractivity contribution >= 4 is 29.4 Å². The Bertz CT molecular complexity index is 1610. The normalized spacial score (nSPS) is 21.7. The van der Waals surface area contributed by atoms with Crippen LogP contribution in [0.15, 0.2) is 72.3 Å². The van der Waals surface area contributed by atoms with Crippen LogP contribution in [0.4, 0.5) is 5.69 Å². The molecule has 0 aromatic heterocycles. The first kappa shape index (κ1) is 41.9. The van der Waals surface area contributed by atoms with Crippen molar-refractivity contribution in [3.8, 4) is 0 Å². The van der Waals surface area contributed by atoms with E-state index in [0.29, 0.717) is 31.5 Å². The highest BCUT2D eigenvalue weighted by atomic mass is 16.5. The number of benzene rings is 2. The fourth-order valence-electron chi connectivity index (χ4n) is 8.26. The second-order valence-corrected chi connectivity index (χ2v) is 16.4. The number of nitrogens with zero attached hydrogens (tertiary/aromatic N) is 5. The first-order chi connectivity index (χ1) is 26.3. The molecule has 11 nitrogen and oxygen atoms in total. The molecule has 0 aliphatic carbocycles. The lowest BCUT2D eigenvalue weighted by atomic mass is 9.96. The van der Waals surface area contributed by atoms with Gasteiger partial charge in [-0.2, -0.15) is 0 Å². The average molecular weight is 757 g/mol. The maximum Gasteiger partial charge on any atom is 0.329 e. The van der Waals surface area contributed by atoms with Crippen molar-refractivity contribution in [1.29, 1.82) is 0 Å². The number of carbonyl (C=O) groups excluding carboxylic acids is 4. The second-order valence-electron chi connectivity index (χ2n) is 16.4. The van der Waals surface area contributed by atoms with E-state index in [4.69, 9.17) is 4.74 Å². The number of ether oxygens (including phenoxy) is 1. The maximum absolute atomic E-state index is 14.1.